The Morgan fingerprint density at radius 2 is 2.41 bits per heavy atom. The summed E-state index contributed by atoms with van der Waals surface area (Å²) >= 11 is 5.68. The first-order chi connectivity index (χ1) is 8.06. The lowest BCUT2D eigenvalue weighted by Crippen LogP contribution is -2.28. The fraction of sp³-hybridized carbons (Fsp3) is 0.636. The van der Waals surface area contributed by atoms with Gasteiger partial charge in [-0.1, -0.05) is 0 Å². The molecule has 1 aromatic rings. The van der Waals surface area contributed by atoms with Crippen molar-refractivity contribution in [1.29, 1.82) is 0 Å². The van der Waals surface area contributed by atoms with E-state index in [-0.39, 0.29) is 11.1 Å². The van der Waals surface area contributed by atoms with Crippen molar-refractivity contribution in [2.75, 3.05) is 38.6 Å². The number of anilines is 1. The third-order valence-corrected chi connectivity index (χ3v) is 3.26. The fourth-order valence-corrected chi connectivity index (χ4v) is 2.38. The van der Waals surface area contributed by atoms with Crippen molar-refractivity contribution in [3.8, 4) is 0 Å². The van der Waals surface area contributed by atoms with E-state index >= 15 is 0 Å². The normalized spacial score (nSPS) is 20.8. The standard InChI is InChI=1S/C11H16ClFN4/c1-16-4-3-8(6-16)7-17(2)10-9(13)5-14-11(12)15-10/h5,8H,3-4,6-7H2,1-2H3. The molecule has 1 fully saturated rings. The molecule has 1 aliphatic rings. The Kier molecular flexibility index (Phi) is 3.79. The summed E-state index contributed by atoms with van der Waals surface area (Å²) in [4.78, 5) is 11.6. The average Bonchev–Trinajstić information content (AvgIpc) is 2.67. The number of likely N-dealkylation sites (tertiary alicyclic amines) is 1. The van der Waals surface area contributed by atoms with Crippen molar-refractivity contribution in [3.63, 3.8) is 0 Å². The quantitative estimate of drug-likeness (QED) is 0.772. The van der Waals surface area contributed by atoms with Gasteiger partial charge in [-0.2, -0.15) is 4.98 Å². The van der Waals surface area contributed by atoms with Gasteiger partial charge in [-0.25, -0.2) is 9.37 Å². The van der Waals surface area contributed by atoms with Crippen LogP contribution in [-0.2, 0) is 0 Å². The molecule has 0 aliphatic carbocycles. The van der Waals surface area contributed by atoms with Crippen LogP contribution in [0.15, 0.2) is 6.20 Å². The van der Waals surface area contributed by atoms with Gasteiger partial charge in [0.2, 0.25) is 5.28 Å². The van der Waals surface area contributed by atoms with Gasteiger partial charge in [0, 0.05) is 20.1 Å². The fourth-order valence-electron chi connectivity index (χ4n) is 2.25. The van der Waals surface area contributed by atoms with Gasteiger partial charge >= 0.3 is 0 Å². The number of hydrogen-bond donors (Lipinski definition) is 0. The Bertz CT molecular complexity index is 401. The molecular formula is C11H16ClFN4. The molecule has 0 amide bonds. The SMILES string of the molecule is CN1CCC(CN(C)c2nc(Cl)ncc2F)C1. The van der Waals surface area contributed by atoms with E-state index in [1.165, 1.54) is 0 Å². The zero-order valence-electron chi connectivity index (χ0n) is 10.0. The second kappa shape index (κ2) is 5.14. The van der Waals surface area contributed by atoms with Crippen LogP contribution in [0.5, 0.6) is 0 Å². The second-order valence-electron chi connectivity index (χ2n) is 4.61. The van der Waals surface area contributed by atoms with Gasteiger partial charge in [-0.3, -0.25) is 0 Å². The molecule has 1 saturated heterocycles. The van der Waals surface area contributed by atoms with E-state index in [2.05, 4.69) is 21.9 Å². The third-order valence-electron chi connectivity index (χ3n) is 3.08. The van der Waals surface area contributed by atoms with Gasteiger partial charge < -0.3 is 9.80 Å². The summed E-state index contributed by atoms with van der Waals surface area (Å²) in [5.41, 5.74) is 0. The highest BCUT2D eigenvalue weighted by Gasteiger charge is 2.22. The van der Waals surface area contributed by atoms with Crippen LogP contribution in [0.2, 0.25) is 5.28 Å². The first-order valence-corrected chi connectivity index (χ1v) is 6.02. The molecule has 0 radical (unpaired) electrons. The lowest BCUT2D eigenvalue weighted by atomic mass is 10.1. The molecule has 0 saturated carbocycles. The van der Waals surface area contributed by atoms with Crippen LogP contribution in [0, 0.1) is 11.7 Å². The van der Waals surface area contributed by atoms with Gasteiger partial charge in [-0.05, 0) is 37.5 Å². The number of halogens is 2. The smallest absolute Gasteiger partial charge is 0.224 e. The lowest BCUT2D eigenvalue weighted by Gasteiger charge is -2.22. The maximum absolute atomic E-state index is 13.5. The van der Waals surface area contributed by atoms with Gasteiger partial charge in [0.05, 0.1) is 6.20 Å². The molecular weight excluding hydrogens is 243 g/mol. The van der Waals surface area contributed by atoms with Crippen LogP contribution in [0.4, 0.5) is 10.2 Å². The summed E-state index contributed by atoms with van der Waals surface area (Å²) in [5, 5.41) is 0.0804. The van der Waals surface area contributed by atoms with Gasteiger partial charge in [0.15, 0.2) is 11.6 Å². The molecule has 2 heterocycles. The summed E-state index contributed by atoms with van der Waals surface area (Å²) in [6.45, 7) is 2.94. The first kappa shape index (κ1) is 12.5. The van der Waals surface area contributed by atoms with Crippen molar-refractivity contribution >= 4 is 17.4 Å². The molecule has 1 aromatic heterocycles. The summed E-state index contributed by atoms with van der Waals surface area (Å²) in [6.07, 6.45) is 2.25. The topological polar surface area (TPSA) is 32.3 Å². The highest BCUT2D eigenvalue weighted by Crippen LogP contribution is 2.20. The molecule has 4 nitrogen and oxygen atoms in total. The minimum atomic E-state index is -0.428. The minimum absolute atomic E-state index is 0.0804. The Morgan fingerprint density at radius 3 is 3.06 bits per heavy atom. The van der Waals surface area contributed by atoms with E-state index < -0.39 is 5.82 Å². The second-order valence-corrected chi connectivity index (χ2v) is 4.95. The van der Waals surface area contributed by atoms with E-state index in [4.69, 9.17) is 11.6 Å². The maximum Gasteiger partial charge on any atom is 0.224 e. The van der Waals surface area contributed by atoms with Crippen LogP contribution in [-0.4, -0.2) is 48.6 Å². The van der Waals surface area contributed by atoms with E-state index in [9.17, 15) is 4.39 Å². The molecule has 17 heavy (non-hydrogen) atoms. The maximum atomic E-state index is 13.5. The van der Waals surface area contributed by atoms with Gasteiger partial charge in [-0.15, -0.1) is 0 Å². The van der Waals surface area contributed by atoms with E-state index in [0.717, 1.165) is 32.3 Å². The summed E-state index contributed by atoms with van der Waals surface area (Å²) in [7, 11) is 3.93. The molecule has 0 bridgehead atoms. The molecule has 2 rings (SSSR count). The van der Waals surface area contributed by atoms with Crippen molar-refractivity contribution in [1.82, 2.24) is 14.9 Å². The van der Waals surface area contributed by atoms with E-state index in [1.807, 2.05) is 11.9 Å². The van der Waals surface area contributed by atoms with Crippen molar-refractivity contribution in [2.24, 2.45) is 5.92 Å². The number of aromatic nitrogens is 2. The molecule has 1 atom stereocenters. The molecule has 0 aromatic carbocycles. The van der Waals surface area contributed by atoms with Gasteiger partial charge in [0.25, 0.3) is 0 Å². The first-order valence-electron chi connectivity index (χ1n) is 5.64. The molecule has 6 heteroatoms. The molecule has 94 valence electrons. The predicted molar refractivity (Wildman–Crippen MR) is 65.9 cm³/mol. The number of nitrogens with zero attached hydrogens (tertiary/aromatic N) is 4. The highest BCUT2D eigenvalue weighted by atomic mass is 35.5. The van der Waals surface area contributed by atoms with Crippen LogP contribution in [0.3, 0.4) is 0 Å². The Hall–Kier alpha value is -0.940. The number of rotatable bonds is 3. The molecule has 1 aliphatic heterocycles. The monoisotopic (exact) mass is 258 g/mol. The van der Waals surface area contributed by atoms with Crippen molar-refractivity contribution in [3.05, 3.63) is 17.3 Å². The number of hydrogen-bond acceptors (Lipinski definition) is 4. The molecule has 0 spiro atoms. The largest absolute Gasteiger partial charge is 0.357 e. The molecule has 1 unspecified atom stereocenters. The Morgan fingerprint density at radius 1 is 1.65 bits per heavy atom. The van der Waals surface area contributed by atoms with Crippen LogP contribution in [0.1, 0.15) is 6.42 Å². The summed E-state index contributed by atoms with van der Waals surface area (Å²) in [5.74, 6) is 0.404. The Balaban J connectivity index is 2.04. The zero-order chi connectivity index (χ0) is 12.4. The third kappa shape index (κ3) is 3.04. The predicted octanol–water partition coefficient (Wildman–Crippen LogP) is 1.66. The van der Waals surface area contributed by atoms with Crippen LogP contribution in [0.25, 0.3) is 0 Å². The van der Waals surface area contributed by atoms with Gasteiger partial charge in [0.1, 0.15) is 0 Å². The zero-order valence-corrected chi connectivity index (χ0v) is 10.8. The van der Waals surface area contributed by atoms with Crippen molar-refractivity contribution < 1.29 is 4.39 Å². The van der Waals surface area contributed by atoms with Crippen LogP contribution < -0.4 is 4.90 Å². The summed E-state index contributed by atoms with van der Waals surface area (Å²) < 4.78 is 13.5. The summed E-state index contributed by atoms with van der Waals surface area (Å²) in [6, 6.07) is 0. The average molecular weight is 259 g/mol. The minimum Gasteiger partial charge on any atom is -0.357 e. The molecule has 0 N–H and O–H groups in total. The van der Waals surface area contributed by atoms with Crippen LogP contribution >= 0.6 is 11.6 Å². The van der Waals surface area contributed by atoms with E-state index in [1.54, 1.807) is 0 Å². The van der Waals surface area contributed by atoms with Crippen molar-refractivity contribution in [2.45, 2.75) is 6.42 Å². The Labute approximate surface area is 105 Å². The van der Waals surface area contributed by atoms with E-state index in [0.29, 0.717) is 5.92 Å². The lowest BCUT2D eigenvalue weighted by molar-refractivity contribution is 0.395. The highest BCUT2D eigenvalue weighted by molar-refractivity contribution is 6.28.